The number of H-pyrrole nitrogens is 2. The highest BCUT2D eigenvalue weighted by Gasteiger charge is 2.23. The second-order valence-corrected chi connectivity index (χ2v) is 6.32. The Bertz CT molecular complexity index is 757. The zero-order valence-corrected chi connectivity index (χ0v) is 13.0. The number of aryl methyl sites for hydroxylation is 1. The highest BCUT2D eigenvalue weighted by atomic mass is 15.1. The van der Waals surface area contributed by atoms with Gasteiger partial charge in [0.15, 0.2) is 0 Å². The van der Waals surface area contributed by atoms with Gasteiger partial charge < -0.3 is 9.97 Å². The Morgan fingerprint density at radius 2 is 2.23 bits per heavy atom. The van der Waals surface area contributed by atoms with Crippen molar-refractivity contribution in [1.29, 1.82) is 0 Å². The van der Waals surface area contributed by atoms with E-state index >= 15 is 0 Å². The van der Waals surface area contributed by atoms with Gasteiger partial charge >= 0.3 is 0 Å². The van der Waals surface area contributed by atoms with Gasteiger partial charge in [0.2, 0.25) is 0 Å². The highest BCUT2D eigenvalue weighted by molar-refractivity contribution is 5.84. The van der Waals surface area contributed by atoms with Crippen LogP contribution >= 0.6 is 0 Å². The predicted octanol–water partition coefficient (Wildman–Crippen LogP) is 3.58. The fourth-order valence-corrected chi connectivity index (χ4v) is 3.64. The van der Waals surface area contributed by atoms with Crippen LogP contribution in [0.1, 0.15) is 35.8 Å². The van der Waals surface area contributed by atoms with Gasteiger partial charge in [-0.05, 0) is 37.9 Å². The molecule has 2 aromatic heterocycles. The van der Waals surface area contributed by atoms with Gasteiger partial charge in [0.25, 0.3) is 0 Å². The zero-order valence-electron chi connectivity index (χ0n) is 13.0. The van der Waals surface area contributed by atoms with Gasteiger partial charge in [-0.15, -0.1) is 0 Å². The molecule has 4 heteroatoms. The molecule has 0 unspecified atom stereocenters. The Kier molecular flexibility index (Phi) is 3.47. The number of nitrogens with zero attached hydrogens (tertiary/aromatic N) is 2. The van der Waals surface area contributed by atoms with E-state index in [1.807, 2.05) is 12.4 Å². The number of imidazole rings is 1. The summed E-state index contributed by atoms with van der Waals surface area (Å²) in [6.07, 6.45) is 6.26. The molecule has 0 amide bonds. The van der Waals surface area contributed by atoms with Crippen LogP contribution in [0.4, 0.5) is 0 Å². The first kappa shape index (κ1) is 13.6. The first-order chi connectivity index (χ1) is 10.8. The quantitative estimate of drug-likeness (QED) is 0.775. The zero-order chi connectivity index (χ0) is 14.9. The number of likely N-dealkylation sites (tertiary alicyclic amines) is 1. The van der Waals surface area contributed by atoms with E-state index < -0.39 is 0 Å². The first-order valence-corrected chi connectivity index (χ1v) is 8.09. The summed E-state index contributed by atoms with van der Waals surface area (Å²) in [5, 5.41) is 1.34. The smallest absolute Gasteiger partial charge is 0.110 e. The summed E-state index contributed by atoms with van der Waals surface area (Å²) in [6.45, 7) is 5.48. The summed E-state index contributed by atoms with van der Waals surface area (Å²) in [7, 11) is 0. The average Bonchev–Trinajstić information content (AvgIpc) is 3.18. The van der Waals surface area contributed by atoms with Crippen LogP contribution in [-0.2, 0) is 6.54 Å². The largest absolute Gasteiger partial charge is 0.357 e. The van der Waals surface area contributed by atoms with E-state index in [1.54, 1.807) is 0 Å². The summed E-state index contributed by atoms with van der Waals surface area (Å²) in [6, 6.07) is 8.57. The van der Waals surface area contributed by atoms with Gasteiger partial charge in [-0.1, -0.05) is 18.2 Å². The van der Waals surface area contributed by atoms with E-state index in [1.165, 1.54) is 41.5 Å². The molecule has 1 saturated heterocycles. The number of aromatic amines is 2. The standard InChI is InChI=1S/C18H22N4/c1-13-15-6-2-3-7-16(15)21-17(13)12-22-10-4-5-14(11-22)18-19-8-9-20-18/h2-3,6-9,14,21H,4-5,10-12H2,1H3,(H,19,20)/t14-/m1/s1. The molecular weight excluding hydrogens is 272 g/mol. The number of piperidine rings is 1. The van der Waals surface area contributed by atoms with E-state index in [0.717, 1.165) is 18.9 Å². The normalized spacial score (nSPS) is 19.8. The third kappa shape index (κ3) is 2.44. The molecule has 1 atom stereocenters. The van der Waals surface area contributed by atoms with Crippen LogP contribution in [0.5, 0.6) is 0 Å². The average molecular weight is 294 g/mol. The van der Waals surface area contributed by atoms with Crippen LogP contribution in [-0.4, -0.2) is 32.9 Å². The van der Waals surface area contributed by atoms with E-state index in [0.29, 0.717) is 5.92 Å². The molecule has 114 valence electrons. The van der Waals surface area contributed by atoms with Crippen LogP contribution in [0.25, 0.3) is 10.9 Å². The van der Waals surface area contributed by atoms with Crippen molar-refractivity contribution < 1.29 is 0 Å². The predicted molar refractivity (Wildman–Crippen MR) is 88.9 cm³/mol. The minimum atomic E-state index is 0.536. The van der Waals surface area contributed by atoms with Crippen molar-refractivity contribution in [2.75, 3.05) is 13.1 Å². The number of para-hydroxylation sites is 1. The van der Waals surface area contributed by atoms with E-state index in [-0.39, 0.29) is 0 Å². The van der Waals surface area contributed by atoms with Crippen molar-refractivity contribution in [3.63, 3.8) is 0 Å². The number of benzene rings is 1. The SMILES string of the molecule is Cc1c(CN2CCC[C@@H](c3ncc[nH]3)C2)[nH]c2ccccc12. The molecule has 4 nitrogen and oxygen atoms in total. The lowest BCUT2D eigenvalue weighted by molar-refractivity contribution is 0.195. The maximum absolute atomic E-state index is 4.44. The summed E-state index contributed by atoms with van der Waals surface area (Å²) < 4.78 is 0. The molecule has 0 bridgehead atoms. The molecule has 3 heterocycles. The number of fused-ring (bicyclic) bond motifs is 1. The molecule has 2 N–H and O–H groups in total. The summed E-state index contributed by atoms with van der Waals surface area (Å²) in [5.41, 5.74) is 3.98. The van der Waals surface area contributed by atoms with E-state index in [2.05, 4.69) is 51.0 Å². The van der Waals surface area contributed by atoms with Crippen LogP contribution in [0, 0.1) is 6.92 Å². The molecule has 0 aliphatic carbocycles. The molecule has 1 aromatic carbocycles. The lowest BCUT2D eigenvalue weighted by atomic mass is 9.97. The van der Waals surface area contributed by atoms with Crippen molar-refractivity contribution in [3.8, 4) is 0 Å². The maximum Gasteiger partial charge on any atom is 0.110 e. The van der Waals surface area contributed by atoms with Crippen LogP contribution in [0.15, 0.2) is 36.7 Å². The van der Waals surface area contributed by atoms with Gasteiger partial charge in [-0.3, -0.25) is 4.90 Å². The number of aromatic nitrogens is 3. The fraction of sp³-hybridized carbons (Fsp3) is 0.389. The fourth-order valence-electron chi connectivity index (χ4n) is 3.64. The molecule has 1 aliphatic rings. The van der Waals surface area contributed by atoms with Crippen molar-refractivity contribution in [3.05, 3.63) is 53.7 Å². The van der Waals surface area contributed by atoms with E-state index in [4.69, 9.17) is 0 Å². The van der Waals surface area contributed by atoms with E-state index in [9.17, 15) is 0 Å². The van der Waals surface area contributed by atoms with Crippen molar-refractivity contribution in [2.24, 2.45) is 0 Å². The molecule has 1 aliphatic heterocycles. The molecule has 3 aromatic rings. The maximum atomic E-state index is 4.44. The molecule has 22 heavy (non-hydrogen) atoms. The Morgan fingerprint density at radius 3 is 3.05 bits per heavy atom. The highest BCUT2D eigenvalue weighted by Crippen LogP contribution is 2.27. The van der Waals surface area contributed by atoms with Gasteiger partial charge in [0.05, 0.1) is 0 Å². The van der Waals surface area contributed by atoms with Crippen molar-refractivity contribution >= 4 is 10.9 Å². The van der Waals surface area contributed by atoms with Crippen LogP contribution < -0.4 is 0 Å². The van der Waals surface area contributed by atoms with Gasteiger partial charge in [0.1, 0.15) is 5.82 Å². The second-order valence-electron chi connectivity index (χ2n) is 6.32. The van der Waals surface area contributed by atoms with Crippen molar-refractivity contribution in [2.45, 2.75) is 32.2 Å². The minimum Gasteiger partial charge on any atom is -0.357 e. The third-order valence-corrected chi connectivity index (χ3v) is 4.86. The lowest BCUT2D eigenvalue weighted by Crippen LogP contribution is -2.34. The number of hydrogen-bond donors (Lipinski definition) is 2. The van der Waals surface area contributed by atoms with Gasteiger partial charge in [0, 0.05) is 48.0 Å². The monoisotopic (exact) mass is 294 g/mol. The number of rotatable bonds is 3. The summed E-state index contributed by atoms with van der Waals surface area (Å²) in [4.78, 5) is 13.9. The molecular formula is C18H22N4. The third-order valence-electron chi connectivity index (χ3n) is 4.86. The summed E-state index contributed by atoms with van der Waals surface area (Å²) in [5.74, 6) is 1.67. The lowest BCUT2D eigenvalue weighted by Gasteiger charge is -2.31. The molecule has 0 saturated carbocycles. The molecule has 4 rings (SSSR count). The Hall–Kier alpha value is -2.07. The molecule has 0 spiro atoms. The Morgan fingerprint density at radius 1 is 1.32 bits per heavy atom. The minimum absolute atomic E-state index is 0.536. The van der Waals surface area contributed by atoms with Crippen LogP contribution in [0.3, 0.4) is 0 Å². The van der Waals surface area contributed by atoms with Crippen LogP contribution in [0.2, 0.25) is 0 Å². The molecule has 1 fully saturated rings. The molecule has 0 radical (unpaired) electrons. The number of nitrogens with one attached hydrogen (secondary N) is 2. The second kappa shape index (κ2) is 5.61. The van der Waals surface area contributed by atoms with Gasteiger partial charge in [-0.2, -0.15) is 0 Å². The summed E-state index contributed by atoms with van der Waals surface area (Å²) >= 11 is 0. The Balaban J connectivity index is 1.53. The Labute approximate surface area is 130 Å². The number of hydrogen-bond acceptors (Lipinski definition) is 2. The first-order valence-electron chi connectivity index (χ1n) is 8.09. The van der Waals surface area contributed by atoms with Gasteiger partial charge in [-0.25, -0.2) is 4.98 Å². The topological polar surface area (TPSA) is 47.7 Å². The van der Waals surface area contributed by atoms with Crippen molar-refractivity contribution in [1.82, 2.24) is 19.9 Å².